The molecule has 3 heteroatoms. The number of imidazole rings is 1. The summed E-state index contributed by atoms with van der Waals surface area (Å²) in [6.45, 7) is 6.20. The van der Waals surface area contributed by atoms with E-state index >= 15 is 0 Å². The molecule has 16 heavy (non-hydrogen) atoms. The van der Waals surface area contributed by atoms with Crippen molar-refractivity contribution in [3.05, 3.63) is 36.2 Å². The molecule has 0 fully saturated rings. The van der Waals surface area contributed by atoms with Crippen molar-refractivity contribution in [3.8, 4) is 0 Å². The van der Waals surface area contributed by atoms with Crippen LogP contribution in [0.4, 0.5) is 5.82 Å². The fourth-order valence-corrected chi connectivity index (χ4v) is 1.31. The molecule has 0 aromatic carbocycles. The van der Waals surface area contributed by atoms with Gasteiger partial charge in [0.1, 0.15) is 17.2 Å². The fourth-order valence-electron chi connectivity index (χ4n) is 1.31. The van der Waals surface area contributed by atoms with E-state index < -0.39 is 0 Å². The highest BCUT2D eigenvalue weighted by molar-refractivity contribution is 5.64. The molecule has 2 aromatic rings. The van der Waals surface area contributed by atoms with Crippen LogP contribution in [-0.2, 0) is 0 Å². The van der Waals surface area contributed by atoms with Gasteiger partial charge in [0.05, 0.1) is 0 Å². The second-order valence-electron chi connectivity index (χ2n) is 3.52. The predicted molar refractivity (Wildman–Crippen MR) is 70.3 cm³/mol. The minimum absolute atomic E-state index is 0.689. The third-order valence-electron chi connectivity index (χ3n) is 1.92. The van der Waals surface area contributed by atoms with Crippen molar-refractivity contribution in [1.29, 1.82) is 0 Å². The molecule has 3 nitrogen and oxygen atoms in total. The van der Waals surface area contributed by atoms with Crippen molar-refractivity contribution >= 4 is 17.5 Å². The van der Waals surface area contributed by atoms with Crippen LogP contribution in [0.1, 0.15) is 32.9 Å². The lowest BCUT2D eigenvalue weighted by Gasteiger charge is -1.93. The van der Waals surface area contributed by atoms with Crippen molar-refractivity contribution in [2.45, 2.75) is 27.2 Å². The second-order valence-corrected chi connectivity index (χ2v) is 3.52. The third-order valence-corrected chi connectivity index (χ3v) is 1.92. The van der Waals surface area contributed by atoms with E-state index in [9.17, 15) is 0 Å². The molecule has 0 atom stereocenters. The number of aromatic nitrogens is 2. The van der Waals surface area contributed by atoms with E-state index in [1.807, 2.05) is 47.9 Å². The normalized spacial score (nSPS) is 10.4. The van der Waals surface area contributed by atoms with Gasteiger partial charge in [-0.1, -0.05) is 32.4 Å². The van der Waals surface area contributed by atoms with Crippen molar-refractivity contribution in [3.63, 3.8) is 0 Å². The van der Waals surface area contributed by atoms with Crippen LogP contribution in [0, 0.1) is 0 Å². The number of nitrogen functional groups attached to an aromatic ring is 1. The monoisotopic (exact) mass is 217 g/mol. The van der Waals surface area contributed by atoms with Crippen LogP contribution in [0.25, 0.3) is 11.7 Å². The average Bonchev–Trinajstić information content (AvgIpc) is 2.59. The van der Waals surface area contributed by atoms with E-state index in [0.29, 0.717) is 5.82 Å². The Morgan fingerprint density at radius 2 is 2.06 bits per heavy atom. The molecule has 2 rings (SSSR count). The predicted octanol–water partition coefficient (Wildman–Crippen LogP) is 3.37. The molecule has 0 aliphatic carbocycles. The molecule has 0 spiro atoms. The number of nitrogens with two attached hydrogens (primary N) is 1. The van der Waals surface area contributed by atoms with E-state index in [0.717, 1.165) is 11.3 Å². The van der Waals surface area contributed by atoms with E-state index in [1.165, 1.54) is 6.42 Å². The Labute approximate surface area is 96.6 Å². The van der Waals surface area contributed by atoms with Gasteiger partial charge in [-0.05, 0) is 25.1 Å². The maximum absolute atomic E-state index is 5.87. The first-order valence-electron chi connectivity index (χ1n) is 5.59. The first kappa shape index (κ1) is 12.3. The Morgan fingerprint density at radius 3 is 2.62 bits per heavy atom. The highest BCUT2D eigenvalue weighted by atomic mass is 15.1. The Balaban J connectivity index is 0.000000386. The first-order chi connectivity index (χ1) is 7.74. The third kappa shape index (κ3) is 2.63. The van der Waals surface area contributed by atoms with Crippen molar-refractivity contribution in [1.82, 2.24) is 9.38 Å². The largest absolute Gasteiger partial charge is 0.383 e. The highest BCUT2D eigenvalue weighted by Crippen LogP contribution is 2.15. The molecule has 0 saturated carbocycles. The zero-order valence-corrected chi connectivity index (χ0v) is 10.1. The van der Waals surface area contributed by atoms with Gasteiger partial charge in [0.25, 0.3) is 0 Å². The fraction of sp³-hybridized carbons (Fsp3) is 0.308. The van der Waals surface area contributed by atoms with E-state index in [2.05, 4.69) is 18.8 Å². The Hall–Kier alpha value is -1.77. The number of pyridine rings is 1. The Kier molecular flexibility index (Phi) is 4.58. The van der Waals surface area contributed by atoms with E-state index in [4.69, 9.17) is 5.73 Å². The molecule has 0 bridgehead atoms. The molecule has 0 radical (unpaired) electrons. The van der Waals surface area contributed by atoms with Gasteiger partial charge in [0.2, 0.25) is 0 Å². The van der Waals surface area contributed by atoms with Crippen LogP contribution < -0.4 is 5.73 Å². The summed E-state index contributed by atoms with van der Waals surface area (Å²) in [7, 11) is 0. The molecule has 0 amide bonds. The summed E-state index contributed by atoms with van der Waals surface area (Å²) in [5.41, 5.74) is 7.58. The Bertz CT molecular complexity index is 469. The van der Waals surface area contributed by atoms with Crippen LogP contribution in [0.15, 0.2) is 30.5 Å². The van der Waals surface area contributed by atoms with Gasteiger partial charge < -0.3 is 5.73 Å². The summed E-state index contributed by atoms with van der Waals surface area (Å²) in [5, 5.41) is 0. The highest BCUT2D eigenvalue weighted by Gasteiger charge is 2.03. The van der Waals surface area contributed by atoms with Crippen LogP contribution >= 0.6 is 0 Å². The molecule has 0 aliphatic heterocycles. The molecule has 0 aliphatic rings. The van der Waals surface area contributed by atoms with Crippen molar-refractivity contribution in [2.24, 2.45) is 0 Å². The first-order valence-corrected chi connectivity index (χ1v) is 5.59. The van der Waals surface area contributed by atoms with Crippen LogP contribution in [0.2, 0.25) is 0 Å². The molecule has 86 valence electrons. The van der Waals surface area contributed by atoms with Crippen LogP contribution in [0.3, 0.4) is 0 Å². The molecule has 0 unspecified atom stereocenters. The lowest BCUT2D eigenvalue weighted by Crippen LogP contribution is -1.92. The van der Waals surface area contributed by atoms with E-state index in [-0.39, 0.29) is 0 Å². The molecule has 2 aromatic heterocycles. The summed E-state index contributed by atoms with van der Waals surface area (Å²) in [4.78, 5) is 4.35. The second kappa shape index (κ2) is 5.95. The minimum atomic E-state index is 0.689. The van der Waals surface area contributed by atoms with Crippen molar-refractivity contribution in [2.75, 3.05) is 5.73 Å². The average molecular weight is 217 g/mol. The molecular weight excluding hydrogens is 198 g/mol. The summed E-state index contributed by atoms with van der Waals surface area (Å²) in [5.74, 6) is 0.689. The number of fused-ring (bicyclic) bond motifs is 1. The Morgan fingerprint density at radius 1 is 1.38 bits per heavy atom. The number of hydrogen-bond acceptors (Lipinski definition) is 2. The van der Waals surface area contributed by atoms with Gasteiger partial charge in [0.15, 0.2) is 0 Å². The van der Waals surface area contributed by atoms with Crippen LogP contribution in [-0.4, -0.2) is 9.38 Å². The number of anilines is 1. The van der Waals surface area contributed by atoms with Crippen LogP contribution in [0.5, 0.6) is 0 Å². The summed E-state index contributed by atoms with van der Waals surface area (Å²) >= 11 is 0. The smallest absolute Gasteiger partial charge is 0.139 e. The molecular formula is C13H19N3. The topological polar surface area (TPSA) is 43.3 Å². The van der Waals surface area contributed by atoms with Gasteiger partial charge >= 0.3 is 0 Å². The standard InChI is InChI=1S/C10H11N3.C3H8/c1-2-5-8-10(11)13-7-4-3-6-9(13)12-8;1-3-2/h2-7H,11H2,1H3;3H2,1-2H3/b5-2+;. The van der Waals surface area contributed by atoms with Gasteiger partial charge in [-0.2, -0.15) is 0 Å². The van der Waals surface area contributed by atoms with Crippen molar-refractivity contribution < 1.29 is 0 Å². The summed E-state index contributed by atoms with van der Waals surface area (Å²) in [6.07, 6.45) is 6.99. The zero-order chi connectivity index (χ0) is 12.0. The lowest BCUT2D eigenvalue weighted by atomic mass is 10.4. The molecule has 2 N–H and O–H groups in total. The number of hydrogen-bond donors (Lipinski definition) is 1. The summed E-state index contributed by atoms with van der Waals surface area (Å²) in [6, 6.07) is 5.81. The quantitative estimate of drug-likeness (QED) is 0.795. The van der Waals surface area contributed by atoms with Gasteiger partial charge in [-0.3, -0.25) is 4.40 Å². The maximum Gasteiger partial charge on any atom is 0.139 e. The van der Waals surface area contributed by atoms with E-state index in [1.54, 1.807) is 0 Å². The zero-order valence-electron chi connectivity index (χ0n) is 10.1. The number of allylic oxidation sites excluding steroid dienone is 1. The van der Waals surface area contributed by atoms with Gasteiger partial charge in [-0.25, -0.2) is 4.98 Å². The molecule has 0 saturated heterocycles. The summed E-state index contributed by atoms with van der Waals surface area (Å²) < 4.78 is 1.87. The number of rotatable bonds is 1. The number of nitrogens with zero attached hydrogens (tertiary/aromatic N) is 2. The van der Waals surface area contributed by atoms with Gasteiger partial charge in [-0.15, -0.1) is 0 Å². The van der Waals surface area contributed by atoms with Gasteiger partial charge in [0, 0.05) is 6.20 Å². The maximum atomic E-state index is 5.87. The lowest BCUT2D eigenvalue weighted by molar-refractivity contribution is 1.09. The minimum Gasteiger partial charge on any atom is -0.383 e. The molecule has 2 heterocycles. The SMILES string of the molecule is C/C=C/c1nc2ccccn2c1N.CCC.